The molecule has 0 aliphatic carbocycles. The first-order valence-electron chi connectivity index (χ1n) is 7.75. The maximum Gasteiger partial charge on any atom is 0.230 e. The fourth-order valence-corrected chi connectivity index (χ4v) is 3.13. The van der Waals surface area contributed by atoms with Gasteiger partial charge in [0.2, 0.25) is 5.91 Å². The predicted molar refractivity (Wildman–Crippen MR) is 83.7 cm³/mol. The van der Waals surface area contributed by atoms with Crippen LogP contribution in [0.2, 0.25) is 0 Å². The highest BCUT2D eigenvalue weighted by atomic mass is 16.3. The molecule has 1 aliphatic heterocycles. The molecule has 1 aliphatic rings. The largest absolute Gasteiger partial charge is 0.395 e. The van der Waals surface area contributed by atoms with Crippen LogP contribution in [0, 0.1) is 11.3 Å². The molecular formula is C17H26N2O2. The zero-order valence-electron chi connectivity index (χ0n) is 13.0. The highest BCUT2D eigenvalue weighted by Gasteiger charge is 2.45. The Hall–Kier alpha value is -1.39. The van der Waals surface area contributed by atoms with Crippen LogP contribution in [0.4, 0.5) is 0 Å². The third-order valence-corrected chi connectivity index (χ3v) is 4.59. The summed E-state index contributed by atoms with van der Waals surface area (Å²) >= 11 is 0. The molecule has 21 heavy (non-hydrogen) atoms. The lowest BCUT2D eigenvalue weighted by atomic mass is 9.75. The van der Waals surface area contributed by atoms with Crippen LogP contribution in [0.5, 0.6) is 0 Å². The van der Waals surface area contributed by atoms with Crippen molar-refractivity contribution < 1.29 is 9.90 Å². The Kier molecular flexibility index (Phi) is 5.37. The number of carbonyl (C=O) groups excluding carboxylic acids is 1. The van der Waals surface area contributed by atoms with Crippen molar-refractivity contribution in [3.8, 4) is 0 Å². The number of hydrogen-bond donors (Lipinski definition) is 2. The Morgan fingerprint density at radius 3 is 2.62 bits per heavy atom. The lowest BCUT2D eigenvalue weighted by molar-refractivity contribution is -0.145. The van der Waals surface area contributed by atoms with Gasteiger partial charge in [0, 0.05) is 19.6 Å². The smallest absolute Gasteiger partial charge is 0.230 e. The summed E-state index contributed by atoms with van der Waals surface area (Å²) in [5.74, 6) is 0.456. The summed E-state index contributed by atoms with van der Waals surface area (Å²) in [7, 11) is 0. The van der Waals surface area contributed by atoms with E-state index in [1.165, 1.54) is 0 Å². The third-order valence-electron chi connectivity index (χ3n) is 4.59. The van der Waals surface area contributed by atoms with E-state index in [1.54, 1.807) is 0 Å². The van der Waals surface area contributed by atoms with Crippen molar-refractivity contribution in [2.45, 2.75) is 26.8 Å². The fourth-order valence-electron chi connectivity index (χ4n) is 3.13. The van der Waals surface area contributed by atoms with E-state index in [0.29, 0.717) is 13.1 Å². The van der Waals surface area contributed by atoms with Gasteiger partial charge in [0.25, 0.3) is 0 Å². The van der Waals surface area contributed by atoms with Crippen molar-refractivity contribution in [2.24, 2.45) is 11.3 Å². The van der Waals surface area contributed by atoms with E-state index in [-0.39, 0.29) is 23.8 Å². The minimum atomic E-state index is -0.329. The van der Waals surface area contributed by atoms with Crippen molar-refractivity contribution in [3.63, 3.8) is 0 Å². The maximum atomic E-state index is 13.1. The Balaban J connectivity index is 2.18. The van der Waals surface area contributed by atoms with E-state index in [9.17, 15) is 9.90 Å². The second-order valence-electron chi connectivity index (χ2n) is 6.17. The lowest BCUT2D eigenvalue weighted by Crippen LogP contribution is -2.48. The maximum absolute atomic E-state index is 13.1. The molecule has 1 aromatic rings. The van der Waals surface area contributed by atoms with E-state index in [0.717, 1.165) is 25.1 Å². The molecule has 2 rings (SSSR count). The molecule has 1 atom stereocenters. The van der Waals surface area contributed by atoms with Gasteiger partial charge in [-0.15, -0.1) is 0 Å². The zero-order chi connectivity index (χ0) is 15.3. The molecule has 1 fully saturated rings. The number of rotatable bonds is 6. The second-order valence-corrected chi connectivity index (χ2v) is 6.17. The van der Waals surface area contributed by atoms with Crippen LogP contribution in [-0.2, 0) is 11.3 Å². The normalized spacial score (nSPS) is 21.7. The van der Waals surface area contributed by atoms with Crippen molar-refractivity contribution in [1.29, 1.82) is 0 Å². The number of benzene rings is 1. The van der Waals surface area contributed by atoms with Gasteiger partial charge < -0.3 is 15.3 Å². The number of hydrogen-bond acceptors (Lipinski definition) is 3. The molecule has 1 unspecified atom stereocenters. The van der Waals surface area contributed by atoms with Crippen LogP contribution in [0.1, 0.15) is 25.8 Å². The van der Waals surface area contributed by atoms with Crippen LogP contribution >= 0.6 is 0 Å². The van der Waals surface area contributed by atoms with Crippen LogP contribution in [0.3, 0.4) is 0 Å². The Morgan fingerprint density at radius 1 is 1.38 bits per heavy atom. The first-order chi connectivity index (χ1) is 10.1. The van der Waals surface area contributed by atoms with E-state index in [1.807, 2.05) is 35.2 Å². The van der Waals surface area contributed by atoms with E-state index >= 15 is 0 Å². The van der Waals surface area contributed by atoms with Crippen molar-refractivity contribution in [1.82, 2.24) is 10.2 Å². The van der Waals surface area contributed by atoms with Gasteiger partial charge >= 0.3 is 0 Å². The van der Waals surface area contributed by atoms with Crippen LogP contribution in [-0.4, -0.2) is 42.2 Å². The molecule has 0 aromatic heterocycles. The minimum absolute atomic E-state index is 0.000176. The Bertz CT molecular complexity index is 453. The number of carbonyl (C=O) groups is 1. The molecule has 0 spiro atoms. The molecule has 1 amide bonds. The number of nitrogens with one attached hydrogen (secondary N) is 1. The van der Waals surface area contributed by atoms with Gasteiger partial charge in [-0.3, -0.25) is 4.79 Å². The number of nitrogens with zero attached hydrogens (tertiary/aromatic N) is 1. The van der Waals surface area contributed by atoms with Crippen molar-refractivity contribution in [2.75, 3.05) is 26.2 Å². The molecule has 1 saturated heterocycles. The molecule has 1 aromatic carbocycles. The average molecular weight is 290 g/mol. The van der Waals surface area contributed by atoms with Crippen molar-refractivity contribution >= 4 is 5.91 Å². The zero-order valence-corrected chi connectivity index (χ0v) is 13.0. The Labute approximate surface area is 127 Å². The molecule has 0 radical (unpaired) electrons. The summed E-state index contributed by atoms with van der Waals surface area (Å²) in [6, 6.07) is 9.97. The predicted octanol–water partition coefficient (Wildman–Crippen LogP) is 1.64. The van der Waals surface area contributed by atoms with E-state index in [4.69, 9.17) is 0 Å². The standard InChI is InChI=1S/C17H26N2O2/c1-14(2)17(8-9-18-13-17)16(21)19(10-11-20)12-15-6-4-3-5-7-15/h3-7,14,18,20H,8-13H2,1-2H3. The average Bonchev–Trinajstić information content (AvgIpc) is 2.98. The highest BCUT2D eigenvalue weighted by Crippen LogP contribution is 2.36. The minimum Gasteiger partial charge on any atom is -0.395 e. The van der Waals surface area contributed by atoms with Gasteiger partial charge in [-0.05, 0) is 24.4 Å². The lowest BCUT2D eigenvalue weighted by Gasteiger charge is -2.36. The number of aliphatic hydroxyl groups is 1. The number of aliphatic hydroxyl groups excluding tert-OH is 1. The van der Waals surface area contributed by atoms with Gasteiger partial charge in [0.1, 0.15) is 0 Å². The topological polar surface area (TPSA) is 52.6 Å². The first kappa shape index (κ1) is 16.0. The van der Waals surface area contributed by atoms with Gasteiger partial charge in [-0.1, -0.05) is 44.2 Å². The van der Waals surface area contributed by atoms with Crippen LogP contribution < -0.4 is 5.32 Å². The SMILES string of the molecule is CC(C)C1(C(=O)N(CCO)Cc2ccccc2)CCNC1. The molecule has 116 valence electrons. The fraction of sp³-hybridized carbons (Fsp3) is 0.588. The summed E-state index contributed by atoms with van der Waals surface area (Å²) in [6.45, 7) is 6.81. The molecular weight excluding hydrogens is 264 g/mol. The summed E-state index contributed by atoms with van der Waals surface area (Å²) in [5.41, 5.74) is 0.772. The monoisotopic (exact) mass is 290 g/mol. The summed E-state index contributed by atoms with van der Waals surface area (Å²) < 4.78 is 0. The van der Waals surface area contributed by atoms with Crippen molar-refractivity contribution in [3.05, 3.63) is 35.9 Å². The molecule has 0 bridgehead atoms. The molecule has 1 heterocycles. The molecule has 0 saturated carbocycles. The van der Waals surface area contributed by atoms with Crippen LogP contribution in [0.15, 0.2) is 30.3 Å². The quantitative estimate of drug-likeness (QED) is 0.837. The van der Waals surface area contributed by atoms with E-state index < -0.39 is 0 Å². The first-order valence-corrected chi connectivity index (χ1v) is 7.75. The highest BCUT2D eigenvalue weighted by molar-refractivity contribution is 5.83. The summed E-state index contributed by atoms with van der Waals surface area (Å²) in [4.78, 5) is 14.9. The summed E-state index contributed by atoms with van der Waals surface area (Å²) in [6.07, 6.45) is 0.875. The third kappa shape index (κ3) is 3.44. The molecule has 4 nitrogen and oxygen atoms in total. The summed E-state index contributed by atoms with van der Waals surface area (Å²) in [5, 5.41) is 12.6. The van der Waals surface area contributed by atoms with E-state index in [2.05, 4.69) is 19.2 Å². The second kappa shape index (κ2) is 7.05. The van der Waals surface area contributed by atoms with Gasteiger partial charge in [-0.25, -0.2) is 0 Å². The van der Waals surface area contributed by atoms with Gasteiger partial charge in [0.15, 0.2) is 0 Å². The van der Waals surface area contributed by atoms with Crippen LogP contribution in [0.25, 0.3) is 0 Å². The Morgan fingerprint density at radius 2 is 2.10 bits per heavy atom. The number of amides is 1. The molecule has 4 heteroatoms. The van der Waals surface area contributed by atoms with Gasteiger partial charge in [-0.2, -0.15) is 0 Å². The molecule has 2 N–H and O–H groups in total. The van der Waals surface area contributed by atoms with Gasteiger partial charge in [0.05, 0.1) is 12.0 Å².